The molecule has 1 heterocycles. The van der Waals surface area contributed by atoms with Crippen molar-refractivity contribution in [3.63, 3.8) is 0 Å². The average Bonchev–Trinajstić information content (AvgIpc) is 2.75. The van der Waals surface area contributed by atoms with E-state index in [-0.39, 0.29) is 0 Å². The molecule has 5 nitrogen and oxygen atoms in total. The monoisotopic (exact) mass is 321 g/mol. The quantitative estimate of drug-likeness (QED) is 0.919. The fourth-order valence-corrected chi connectivity index (χ4v) is 2.44. The van der Waals surface area contributed by atoms with E-state index in [0.29, 0.717) is 11.6 Å². The molecule has 0 saturated heterocycles. The summed E-state index contributed by atoms with van der Waals surface area (Å²) in [5.74, 6) is -0.831. The summed E-state index contributed by atoms with van der Waals surface area (Å²) in [7, 11) is 1.80. The van der Waals surface area contributed by atoms with Crippen molar-refractivity contribution in [2.75, 3.05) is 7.05 Å². The molecular formula is C16H20ClN3O2. The number of nitrogens with zero attached hydrogens (tertiary/aromatic N) is 3. The second-order valence-electron chi connectivity index (χ2n) is 5.47. The van der Waals surface area contributed by atoms with Crippen LogP contribution in [0.5, 0.6) is 0 Å². The number of carbonyl (C=O) groups is 1. The lowest BCUT2D eigenvalue weighted by Gasteiger charge is -2.21. The lowest BCUT2D eigenvalue weighted by atomic mass is 10.1. The van der Waals surface area contributed by atoms with Gasteiger partial charge in [0.05, 0.1) is 11.4 Å². The highest BCUT2D eigenvalue weighted by Gasteiger charge is 2.20. The number of aromatic nitrogens is 2. The van der Waals surface area contributed by atoms with Crippen LogP contribution in [0.3, 0.4) is 0 Å². The zero-order chi connectivity index (χ0) is 16.4. The molecule has 0 aliphatic carbocycles. The molecule has 0 radical (unpaired) electrons. The third-order valence-electron chi connectivity index (χ3n) is 3.94. The third-order valence-corrected chi connectivity index (χ3v) is 4.19. The Morgan fingerprint density at radius 3 is 2.50 bits per heavy atom. The molecule has 2 rings (SSSR count). The highest BCUT2D eigenvalue weighted by atomic mass is 35.5. The smallest absolute Gasteiger partial charge is 0.320 e. The van der Waals surface area contributed by atoms with Crippen molar-refractivity contribution in [2.45, 2.75) is 33.4 Å². The molecule has 0 aliphatic heterocycles. The van der Waals surface area contributed by atoms with Crippen molar-refractivity contribution < 1.29 is 9.90 Å². The maximum atomic E-state index is 11.1. The lowest BCUT2D eigenvalue weighted by Crippen LogP contribution is -2.35. The van der Waals surface area contributed by atoms with Gasteiger partial charge in [-0.3, -0.25) is 9.69 Å². The predicted octanol–water partition coefficient (Wildman–Crippen LogP) is 3.05. The number of carboxylic acids is 1. The topological polar surface area (TPSA) is 58.4 Å². The van der Waals surface area contributed by atoms with E-state index in [1.807, 2.05) is 42.8 Å². The number of hydrogen-bond donors (Lipinski definition) is 1. The van der Waals surface area contributed by atoms with Crippen LogP contribution in [0.4, 0.5) is 0 Å². The largest absolute Gasteiger partial charge is 0.480 e. The summed E-state index contributed by atoms with van der Waals surface area (Å²) >= 11 is 5.92. The highest BCUT2D eigenvalue weighted by molar-refractivity contribution is 6.30. The van der Waals surface area contributed by atoms with Crippen LogP contribution >= 0.6 is 11.6 Å². The molecule has 2 aromatic rings. The van der Waals surface area contributed by atoms with Gasteiger partial charge in [0, 0.05) is 22.8 Å². The van der Waals surface area contributed by atoms with Crippen LogP contribution in [0.1, 0.15) is 23.9 Å². The first-order valence-corrected chi connectivity index (χ1v) is 7.43. The van der Waals surface area contributed by atoms with Crippen LogP contribution < -0.4 is 0 Å². The van der Waals surface area contributed by atoms with Gasteiger partial charge < -0.3 is 5.11 Å². The van der Waals surface area contributed by atoms with E-state index >= 15 is 0 Å². The van der Waals surface area contributed by atoms with Crippen LogP contribution in [0, 0.1) is 13.8 Å². The molecule has 1 aromatic carbocycles. The summed E-state index contributed by atoms with van der Waals surface area (Å²) in [4.78, 5) is 12.9. The average molecular weight is 322 g/mol. The van der Waals surface area contributed by atoms with E-state index in [4.69, 9.17) is 16.7 Å². The first-order valence-electron chi connectivity index (χ1n) is 7.05. The zero-order valence-electron chi connectivity index (χ0n) is 13.2. The number of aliphatic carboxylic acids is 1. The van der Waals surface area contributed by atoms with E-state index in [1.165, 1.54) is 0 Å². The molecule has 0 aliphatic rings. The van der Waals surface area contributed by atoms with Gasteiger partial charge in [-0.25, -0.2) is 4.68 Å². The molecule has 1 atom stereocenters. The summed E-state index contributed by atoms with van der Waals surface area (Å²) in [6.07, 6.45) is 0. The van der Waals surface area contributed by atoms with Gasteiger partial charge in [-0.2, -0.15) is 5.10 Å². The minimum absolute atomic E-state index is 0.540. The minimum atomic E-state index is -0.831. The molecule has 6 heteroatoms. The van der Waals surface area contributed by atoms with Crippen molar-refractivity contribution in [1.29, 1.82) is 0 Å². The Kier molecular flexibility index (Phi) is 4.88. The molecule has 22 heavy (non-hydrogen) atoms. The minimum Gasteiger partial charge on any atom is -0.480 e. The van der Waals surface area contributed by atoms with Crippen LogP contribution in [0.15, 0.2) is 24.3 Å². The normalized spacial score (nSPS) is 12.6. The second kappa shape index (κ2) is 6.50. The Morgan fingerprint density at radius 2 is 1.95 bits per heavy atom. The van der Waals surface area contributed by atoms with E-state index in [0.717, 1.165) is 22.6 Å². The molecule has 1 aromatic heterocycles. The first kappa shape index (κ1) is 16.5. The third kappa shape index (κ3) is 3.31. The molecule has 1 unspecified atom stereocenters. The van der Waals surface area contributed by atoms with E-state index in [9.17, 15) is 4.79 Å². The fraction of sp³-hybridized carbons (Fsp3) is 0.375. The number of benzene rings is 1. The molecule has 0 fully saturated rings. The number of likely N-dealkylation sites (N-methyl/N-ethyl adjacent to an activating group) is 1. The molecule has 0 bridgehead atoms. The number of hydrogen-bond acceptors (Lipinski definition) is 3. The van der Waals surface area contributed by atoms with Gasteiger partial charge in [-0.15, -0.1) is 0 Å². The Morgan fingerprint density at radius 1 is 1.36 bits per heavy atom. The molecule has 0 amide bonds. The van der Waals surface area contributed by atoms with Gasteiger partial charge >= 0.3 is 5.97 Å². The summed E-state index contributed by atoms with van der Waals surface area (Å²) in [6.45, 7) is 6.15. The van der Waals surface area contributed by atoms with Crippen molar-refractivity contribution in [3.8, 4) is 5.69 Å². The fourth-order valence-electron chi connectivity index (χ4n) is 2.31. The van der Waals surface area contributed by atoms with Crippen molar-refractivity contribution in [2.24, 2.45) is 0 Å². The Hall–Kier alpha value is -1.85. The van der Waals surface area contributed by atoms with Crippen LogP contribution in [0.25, 0.3) is 5.69 Å². The molecular weight excluding hydrogens is 302 g/mol. The summed E-state index contributed by atoms with van der Waals surface area (Å²) in [5.41, 5.74) is 3.89. The maximum absolute atomic E-state index is 11.1. The zero-order valence-corrected chi connectivity index (χ0v) is 13.9. The van der Waals surface area contributed by atoms with E-state index < -0.39 is 12.0 Å². The number of aryl methyl sites for hydroxylation is 1. The van der Waals surface area contributed by atoms with Crippen LogP contribution in [-0.4, -0.2) is 38.8 Å². The van der Waals surface area contributed by atoms with Gasteiger partial charge in [0.15, 0.2) is 0 Å². The van der Waals surface area contributed by atoms with Crippen LogP contribution in [-0.2, 0) is 11.3 Å². The predicted molar refractivity (Wildman–Crippen MR) is 86.6 cm³/mol. The SMILES string of the molecule is Cc1nn(-c2ccc(Cl)cc2)c(C)c1CN(C)C(C)C(=O)O. The van der Waals surface area contributed by atoms with Gasteiger partial charge in [-0.1, -0.05) is 11.6 Å². The number of halogens is 1. The molecule has 0 spiro atoms. The van der Waals surface area contributed by atoms with E-state index in [1.54, 1.807) is 18.9 Å². The standard InChI is InChI=1S/C16H20ClN3O2/c1-10-15(9-19(4)12(3)16(21)22)11(2)20(18-10)14-7-5-13(17)6-8-14/h5-8,12H,9H2,1-4H3,(H,21,22). The molecule has 118 valence electrons. The van der Waals surface area contributed by atoms with Gasteiger partial charge in [0.25, 0.3) is 0 Å². The van der Waals surface area contributed by atoms with Gasteiger partial charge in [0.2, 0.25) is 0 Å². The van der Waals surface area contributed by atoms with Gasteiger partial charge in [-0.05, 0) is 52.1 Å². The van der Waals surface area contributed by atoms with Crippen molar-refractivity contribution >= 4 is 17.6 Å². The maximum Gasteiger partial charge on any atom is 0.320 e. The van der Waals surface area contributed by atoms with Gasteiger partial charge in [0.1, 0.15) is 6.04 Å². The number of rotatable bonds is 5. The molecule has 0 saturated carbocycles. The van der Waals surface area contributed by atoms with Crippen LogP contribution in [0.2, 0.25) is 5.02 Å². The first-order chi connectivity index (χ1) is 10.3. The second-order valence-corrected chi connectivity index (χ2v) is 5.90. The van der Waals surface area contributed by atoms with E-state index in [2.05, 4.69) is 5.10 Å². The van der Waals surface area contributed by atoms with Crippen molar-refractivity contribution in [3.05, 3.63) is 46.2 Å². The van der Waals surface area contributed by atoms with Crippen molar-refractivity contribution in [1.82, 2.24) is 14.7 Å². The summed E-state index contributed by atoms with van der Waals surface area (Å²) < 4.78 is 1.86. The summed E-state index contributed by atoms with van der Waals surface area (Å²) in [6, 6.07) is 6.93. The Balaban J connectivity index is 2.31. The highest BCUT2D eigenvalue weighted by Crippen LogP contribution is 2.21. The summed E-state index contributed by atoms with van der Waals surface area (Å²) in [5, 5.41) is 14.4. The number of carboxylic acid groups (broad SMARTS) is 1. The Bertz CT molecular complexity index is 679. The molecule has 1 N–H and O–H groups in total. The lowest BCUT2D eigenvalue weighted by molar-refractivity contribution is -0.142. The Labute approximate surface area is 135 Å².